The molecule has 1 heterocycles. The van der Waals surface area contributed by atoms with Gasteiger partial charge in [-0.05, 0) is 46.6 Å². The van der Waals surface area contributed by atoms with Crippen LogP contribution < -0.4 is 0 Å². The van der Waals surface area contributed by atoms with E-state index in [0.717, 1.165) is 26.4 Å². The lowest BCUT2D eigenvalue weighted by molar-refractivity contribution is 1.27. The van der Waals surface area contributed by atoms with Crippen molar-refractivity contribution in [2.75, 3.05) is 0 Å². The van der Waals surface area contributed by atoms with Gasteiger partial charge in [0.05, 0.1) is 5.69 Å². The Bertz CT molecular complexity index is 497. The second kappa shape index (κ2) is 4.33. The second-order valence-corrected chi connectivity index (χ2v) is 4.53. The van der Waals surface area contributed by atoms with E-state index >= 15 is 0 Å². The molecule has 0 atom stereocenters. The number of aromatic nitrogens is 1. The van der Waals surface area contributed by atoms with Crippen molar-refractivity contribution in [3.05, 3.63) is 51.6 Å². The summed E-state index contributed by atoms with van der Waals surface area (Å²) in [6.07, 6.45) is 0. The van der Waals surface area contributed by atoms with Crippen LogP contribution in [0.1, 0.15) is 5.56 Å². The topological polar surface area (TPSA) is 12.9 Å². The zero-order chi connectivity index (χ0) is 10.8. The van der Waals surface area contributed by atoms with Gasteiger partial charge in [0.1, 0.15) is 4.60 Å². The van der Waals surface area contributed by atoms with E-state index in [0.29, 0.717) is 0 Å². The Morgan fingerprint density at radius 3 is 2.67 bits per heavy atom. The van der Waals surface area contributed by atoms with Crippen LogP contribution in [0.25, 0.3) is 11.3 Å². The van der Waals surface area contributed by atoms with E-state index in [9.17, 15) is 0 Å². The number of nitrogens with zero attached hydrogens (tertiary/aromatic N) is 1. The Morgan fingerprint density at radius 2 is 2.00 bits per heavy atom. The van der Waals surface area contributed by atoms with E-state index in [1.807, 2.05) is 43.3 Å². The third-order valence-electron chi connectivity index (χ3n) is 2.18. The minimum absolute atomic E-state index is 0.772. The van der Waals surface area contributed by atoms with Gasteiger partial charge in [-0.15, -0.1) is 0 Å². The largest absolute Gasteiger partial charge is 0.241 e. The highest BCUT2D eigenvalue weighted by molar-refractivity contribution is 9.10. The average molecular weight is 283 g/mol. The van der Waals surface area contributed by atoms with Crippen molar-refractivity contribution < 1.29 is 0 Å². The molecule has 0 unspecified atom stereocenters. The molecule has 15 heavy (non-hydrogen) atoms. The summed E-state index contributed by atoms with van der Waals surface area (Å²) in [5.74, 6) is 0. The summed E-state index contributed by atoms with van der Waals surface area (Å²) < 4.78 is 0.830. The van der Waals surface area contributed by atoms with Gasteiger partial charge < -0.3 is 0 Å². The van der Waals surface area contributed by atoms with Gasteiger partial charge in [-0.1, -0.05) is 29.8 Å². The van der Waals surface area contributed by atoms with E-state index in [2.05, 4.69) is 20.9 Å². The van der Waals surface area contributed by atoms with Crippen LogP contribution in [0.4, 0.5) is 0 Å². The van der Waals surface area contributed by atoms with Gasteiger partial charge in [0.2, 0.25) is 0 Å². The second-order valence-electron chi connectivity index (χ2n) is 3.31. The fraction of sp³-hybridized carbons (Fsp3) is 0.0833. The molecule has 76 valence electrons. The number of pyridine rings is 1. The average Bonchev–Trinajstić information content (AvgIpc) is 2.22. The summed E-state index contributed by atoms with van der Waals surface area (Å²) in [6, 6.07) is 11.8. The van der Waals surface area contributed by atoms with Crippen molar-refractivity contribution in [3.8, 4) is 11.3 Å². The van der Waals surface area contributed by atoms with Gasteiger partial charge in [-0.25, -0.2) is 4.98 Å². The van der Waals surface area contributed by atoms with Crippen molar-refractivity contribution in [1.29, 1.82) is 0 Å². The molecule has 1 nitrogen and oxygen atoms in total. The Labute approximate surface area is 102 Å². The highest BCUT2D eigenvalue weighted by Crippen LogP contribution is 2.24. The van der Waals surface area contributed by atoms with Crippen molar-refractivity contribution in [2.45, 2.75) is 6.92 Å². The Balaban J connectivity index is 2.50. The molecule has 0 saturated carbocycles. The lowest BCUT2D eigenvalue weighted by Crippen LogP contribution is -1.84. The van der Waals surface area contributed by atoms with Gasteiger partial charge in [0.25, 0.3) is 0 Å². The standard InChI is InChI=1S/C12H9BrClN/c1-8-5-6-9(7-10(8)14)11-3-2-4-12(13)15-11/h2-7H,1H3. The summed E-state index contributed by atoms with van der Waals surface area (Å²) in [5, 5.41) is 0.772. The molecule has 0 saturated heterocycles. The molecule has 1 aromatic heterocycles. The number of hydrogen-bond acceptors (Lipinski definition) is 1. The number of rotatable bonds is 1. The van der Waals surface area contributed by atoms with E-state index < -0.39 is 0 Å². The van der Waals surface area contributed by atoms with Crippen LogP contribution in [0.5, 0.6) is 0 Å². The number of halogens is 2. The molecule has 0 N–H and O–H groups in total. The third-order valence-corrected chi connectivity index (χ3v) is 3.03. The molecule has 2 rings (SSSR count). The fourth-order valence-electron chi connectivity index (χ4n) is 1.32. The molecule has 0 aliphatic heterocycles. The predicted molar refractivity (Wildman–Crippen MR) is 67.1 cm³/mol. The van der Waals surface area contributed by atoms with Gasteiger partial charge in [-0.3, -0.25) is 0 Å². The fourth-order valence-corrected chi connectivity index (χ4v) is 1.85. The van der Waals surface area contributed by atoms with Crippen molar-refractivity contribution >= 4 is 27.5 Å². The molecule has 0 aliphatic rings. The first kappa shape index (κ1) is 10.7. The van der Waals surface area contributed by atoms with Crippen LogP contribution in [0, 0.1) is 6.92 Å². The molecule has 0 bridgehead atoms. The first-order chi connectivity index (χ1) is 7.16. The molecule has 0 spiro atoms. The van der Waals surface area contributed by atoms with Gasteiger partial charge in [0.15, 0.2) is 0 Å². The molecule has 1 aromatic carbocycles. The molecule has 0 fully saturated rings. The quantitative estimate of drug-likeness (QED) is 0.703. The number of aryl methyl sites for hydroxylation is 1. The highest BCUT2D eigenvalue weighted by Gasteiger charge is 2.02. The molecule has 0 radical (unpaired) electrons. The van der Waals surface area contributed by atoms with Crippen LogP contribution in [0.15, 0.2) is 41.0 Å². The molecule has 0 amide bonds. The minimum atomic E-state index is 0.772. The van der Waals surface area contributed by atoms with Crippen molar-refractivity contribution in [3.63, 3.8) is 0 Å². The van der Waals surface area contributed by atoms with Crippen LogP contribution in [0.3, 0.4) is 0 Å². The summed E-state index contributed by atoms with van der Waals surface area (Å²) in [7, 11) is 0. The molecule has 3 heteroatoms. The Hall–Kier alpha value is -0.860. The first-order valence-electron chi connectivity index (χ1n) is 4.56. The lowest BCUT2D eigenvalue weighted by atomic mass is 10.1. The zero-order valence-electron chi connectivity index (χ0n) is 8.17. The number of hydrogen-bond donors (Lipinski definition) is 0. The molecular weight excluding hydrogens is 273 g/mol. The lowest BCUT2D eigenvalue weighted by Gasteiger charge is -2.03. The van der Waals surface area contributed by atoms with Crippen LogP contribution in [0.2, 0.25) is 5.02 Å². The maximum atomic E-state index is 6.06. The summed E-state index contributed by atoms with van der Waals surface area (Å²) in [6.45, 7) is 1.99. The van der Waals surface area contributed by atoms with E-state index in [1.54, 1.807) is 0 Å². The normalized spacial score (nSPS) is 10.3. The smallest absolute Gasteiger partial charge is 0.106 e. The maximum Gasteiger partial charge on any atom is 0.106 e. The van der Waals surface area contributed by atoms with Crippen LogP contribution in [-0.4, -0.2) is 4.98 Å². The summed E-state index contributed by atoms with van der Waals surface area (Å²) in [4.78, 5) is 4.37. The van der Waals surface area contributed by atoms with E-state index in [1.165, 1.54) is 0 Å². The van der Waals surface area contributed by atoms with Crippen LogP contribution >= 0.6 is 27.5 Å². The van der Waals surface area contributed by atoms with Gasteiger partial charge in [-0.2, -0.15) is 0 Å². The van der Waals surface area contributed by atoms with Gasteiger partial charge in [0, 0.05) is 10.6 Å². The first-order valence-corrected chi connectivity index (χ1v) is 5.73. The molecule has 2 aromatic rings. The SMILES string of the molecule is Cc1ccc(-c2cccc(Br)n2)cc1Cl. The highest BCUT2D eigenvalue weighted by atomic mass is 79.9. The van der Waals surface area contributed by atoms with Crippen molar-refractivity contribution in [2.24, 2.45) is 0 Å². The van der Waals surface area contributed by atoms with E-state index in [-0.39, 0.29) is 0 Å². The molecule has 0 aliphatic carbocycles. The van der Waals surface area contributed by atoms with Gasteiger partial charge >= 0.3 is 0 Å². The Kier molecular flexibility index (Phi) is 3.08. The minimum Gasteiger partial charge on any atom is -0.241 e. The zero-order valence-corrected chi connectivity index (χ0v) is 10.5. The maximum absolute atomic E-state index is 6.06. The molecular formula is C12H9BrClN. The van der Waals surface area contributed by atoms with Crippen molar-refractivity contribution in [1.82, 2.24) is 4.98 Å². The van der Waals surface area contributed by atoms with E-state index in [4.69, 9.17) is 11.6 Å². The monoisotopic (exact) mass is 281 g/mol. The van der Waals surface area contributed by atoms with Crippen LogP contribution in [-0.2, 0) is 0 Å². The summed E-state index contributed by atoms with van der Waals surface area (Å²) in [5.41, 5.74) is 3.04. The third kappa shape index (κ3) is 2.39. The summed E-state index contributed by atoms with van der Waals surface area (Å²) >= 11 is 9.41. The predicted octanol–water partition coefficient (Wildman–Crippen LogP) is 4.47. The number of benzene rings is 1. The Morgan fingerprint density at radius 1 is 1.20 bits per heavy atom.